The van der Waals surface area contributed by atoms with Gasteiger partial charge in [-0.3, -0.25) is 19.3 Å². The number of thiophene rings is 1. The summed E-state index contributed by atoms with van der Waals surface area (Å²) in [5, 5.41) is 13.0. The Morgan fingerprint density at radius 2 is 1.51 bits per heavy atom. The number of benzene rings is 4. The van der Waals surface area contributed by atoms with Crippen LogP contribution in [0, 0.1) is 17.6 Å². The highest BCUT2D eigenvalue weighted by atomic mass is 35.5. The number of carbonyl (C=O) groups excluding carboxylic acids is 2. The third-order valence-corrected chi connectivity index (χ3v) is 9.75. The van der Waals surface area contributed by atoms with Crippen LogP contribution in [0.1, 0.15) is 46.5 Å². The second-order valence-corrected chi connectivity index (χ2v) is 13.5. The number of fused-ring (bicyclic) bond motifs is 1. The van der Waals surface area contributed by atoms with Crippen LogP contribution in [0.15, 0.2) is 108 Å². The van der Waals surface area contributed by atoms with Gasteiger partial charge in [-0.2, -0.15) is 0 Å². The summed E-state index contributed by atoms with van der Waals surface area (Å²) >= 11 is 1.30. The second kappa shape index (κ2) is 15.8. The first kappa shape index (κ1) is 37.1. The van der Waals surface area contributed by atoms with Gasteiger partial charge >= 0.3 is 0 Å². The SMILES string of the molecule is CC(C)C(=O)Nc1ccc(-c2sc3c(c2CN(C)Cc2ccccc2)c(=O)c(C(=O)c2ccc(O)cc2)cn3Cc2c(F)cccc2F)cc1.Cl. The fourth-order valence-electron chi connectivity index (χ4n) is 5.79. The third kappa shape index (κ3) is 8.09. The number of anilines is 1. The van der Waals surface area contributed by atoms with E-state index in [9.17, 15) is 19.5 Å². The number of nitrogens with zero attached hydrogens (tertiary/aromatic N) is 2. The molecule has 0 fully saturated rings. The number of rotatable bonds is 11. The lowest BCUT2D eigenvalue weighted by molar-refractivity contribution is -0.118. The van der Waals surface area contributed by atoms with E-state index in [1.165, 1.54) is 60.0 Å². The van der Waals surface area contributed by atoms with Crippen molar-refractivity contribution in [2.24, 2.45) is 5.92 Å². The summed E-state index contributed by atoms with van der Waals surface area (Å²) in [5.41, 5.74) is 2.42. The first-order valence-corrected chi connectivity index (χ1v) is 16.9. The molecule has 11 heteroatoms. The van der Waals surface area contributed by atoms with Gasteiger partial charge in [0.25, 0.3) is 0 Å². The Morgan fingerprint density at radius 1 is 0.863 bits per heavy atom. The summed E-state index contributed by atoms with van der Waals surface area (Å²) in [6, 6.07) is 26.4. The van der Waals surface area contributed by atoms with Gasteiger partial charge in [0, 0.05) is 46.9 Å². The summed E-state index contributed by atoms with van der Waals surface area (Å²) in [4.78, 5) is 44.0. The minimum Gasteiger partial charge on any atom is -0.508 e. The molecule has 4 aromatic carbocycles. The number of phenolic OH excluding ortho intramolecular Hbond substituents is 1. The molecule has 0 saturated carbocycles. The first-order chi connectivity index (χ1) is 24.0. The zero-order valence-corrected chi connectivity index (χ0v) is 29.8. The Kier molecular flexibility index (Phi) is 11.5. The molecule has 2 N–H and O–H groups in total. The highest BCUT2D eigenvalue weighted by Gasteiger charge is 2.26. The Morgan fingerprint density at radius 3 is 2.14 bits per heavy atom. The van der Waals surface area contributed by atoms with E-state index in [1.807, 2.05) is 63.4 Å². The van der Waals surface area contributed by atoms with Gasteiger partial charge in [-0.25, -0.2) is 8.78 Å². The Labute approximate surface area is 304 Å². The van der Waals surface area contributed by atoms with E-state index in [2.05, 4.69) is 10.2 Å². The minimum absolute atomic E-state index is 0. The maximum atomic E-state index is 15.0. The number of hydrogen-bond donors (Lipinski definition) is 2. The first-order valence-electron chi connectivity index (χ1n) is 16.1. The quantitative estimate of drug-likeness (QED) is 0.130. The fraction of sp³-hybridized carbons (Fsp3) is 0.175. The summed E-state index contributed by atoms with van der Waals surface area (Å²) in [7, 11) is 1.93. The van der Waals surface area contributed by atoms with Gasteiger partial charge in [-0.05, 0) is 72.3 Å². The van der Waals surface area contributed by atoms with E-state index in [-0.39, 0.29) is 58.6 Å². The van der Waals surface area contributed by atoms with Crippen LogP contribution < -0.4 is 10.7 Å². The van der Waals surface area contributed by atoms with Gasteiger partial charge in [0.1, 0.15) is 22.2 Å². The molecule has 2 heterocycles. The number of amides is 1. The lowest BCUT2D eigenvalue weighted by Crippen LogP contribution is -2.22. The number of nitrogens with one attached hydrogen (secondary N) is 1. The number of halogens is 3. The number of aromatic hydroxyl groups is 1. The zero-order valence-electron chi connectivity index (χ0n) is 28.2. The maximum absolute atomic E-state index is 15.0. The molecule has 0 radical (unpaired) electrons. The summed E-state index contributed by atoms with van der Waals surface area (Å²) < 4.78 is 31.7. The minimum atomic E-state index is -0.748. The molecular formula is C40H36ClF2N3O4S. The van der Waals surface area contributed by atoms with Crippen LogP contribution in [0.25, 0.3) is 20.7 Å². The molecule has 0 aliphatic carbocycles. The molecule has 0 spiro atoms. The topological polar surface area (TPSA) is 91.6 Å². The van der Waals surface area contributed by atoms with Gasteiger partial charge in [-0.15, -0.1) is 23.7 Å². The van der Waals surface area contributed by atoms with Gasteiger partial charge in [0.2, 0.25) is 11.3 Å². The second-order valence-electron chi connectivity index (χ2n) is 12.5. The molecule has 6 aromatic rings. The summed E-state index contributed by atoms with van der Waals surface area (Å²) in [6.45, 7) is 4.23. The lowest BCUT2D eigenvalue weighted by atomic mass is 10.00. The van der Waals surface area contributed by atoms with Gasteiger partial charge < -0.3 is 15.0 Å². The molecular weight excluding hydrogens is 692 g/mol. The van der Waals surface area contributed by atoms with Crippen molar-refractivity contribution in [1.29, 1.82) is 0 Å². The van der Waals surface area contributed by atoms with E-state index in [0.29, 0.717) is 29.2 Å². The number of ketones is 1. The van der Waals surface area contributed by atoms with E-state index >= 15 is 8.78 Å². The van der Waals surface area contributed by atoms with Crippen molar-refractivity contribution in [2.45, 2.75) is 33.5 Å². The molecule has 0 saturated heterocycles. The average molecular weight is 728 g/mol. The number of carbonyl (C=O) groups is 2. The molecule has 2 aromatic heterocycles. The van der Waals surface area contributed by atoms with Crippen molar-refractivity contribution in [2.75, 3.05) is 12.4 Å². The highest BCUT2D eigenvalue weighted by Crippen LogP contribution is 2.39. The van der Waals surface area contributed by atoms with Crippen LogP contribution in [0.2, 0.25) is 0 Å². The number of aromatic nitrogens is 1. The highest BCUT2D eigenvalue weighted by molar-refractivity contribution is 7.22. The Balaban J connectivity index is 0.00000504. The van der Waals surface area contributed by atoms with Crippen LogP contribution in [-0.2, 0) is 24.4 Å². The normalized spacial score (nSPS) is 11.2. The van der Waals surface area contributed by atoms with E-state index in [0.717, 1.165) is 16.0 Å². The number of hydrogen-bond acceptors (Lipinski definition) is 6. The van der Waals surface area contributed by atoms with Gasteiger partial charge in [0.15, 0.2) is 5.78 Å². The molecule has 51 heavy (non-hydrogen) atoms. The van der Waals surface area contributed by atoms with Crippen LogP contribution in [0.4, 0.5) is 14.5 Å². The molecule has 0 bridgehead atoms. The number of pyridine rings is 1. The zero-order chi connectivity index (χ0) is 35.5. The molecule has 1 amide bonds. The summed E-state index contributed by atoms with van der Waals surface area (Å²) in [5.74, 6) is -2.44. The molecule has 6 rings (SSSR count). The predicted octanol–water partition coefficient (Wildman–Crippen LogP) is 8.64. The summed E-state index contributed by atoms with van der Waals surface area (Å²) in [6.07, 6.45) is 1.37. The Hall–Kier alpha value is -5.16. The van der Waals surface area contributed by atoms with Gasteiger partial charge in [-0.1, -0.05) is 62.4 Å². The van der Waals surface area contributed by atoms with Crippen molar-refractivity contribution >= 4 is 51.3 Å². The maximum Gasteiger partial charge on any atom is 0.226 e. The predicted molar refractivity (Wildman–Crippen MR) is 201 cm³/mol. The average Bonchev–Trinajstić information content (AvgIpc) is 3.47. The van der Waals surface area contributed by atoms with Crippen LogP contribution in [0.3, 0.4) is 0 Å². The van der Waals surface area contributed by atoms with Crippen molar-refractivity contribution in [3.63, 3.8) is 0 Å². The van der Waals surface area contributed by atoms with E-state index in [4.69, 9.17) is 0 Å². The molecule has 262 valence electrons. The molecule has 0 aliphatic heterocycles. The molecule has 0 atom stereocenters. The van der Waals surface area contributed by atoms with Crippen molar-refractivity contribution in [1.82, 2.24) is 9.47 Å². The van der Waals surface area contributed by atoms with Crippen LogP contribution >= 0.6 is 23.7 Å². The monoisotopic (exact) mass is 727 g/mol. The third-order valence-electron chi connectivity index (χ3n) is 8.43. The smallest absolute Gasteiger partial charge is 0.226 e. The van der Waals surface area contributed by atoms with Crippen LogP contribution in [0.5, 0.6) is 5.75 Å². The molecule has 7 nitrogen and oxygen atoms in total. The standard InChI is InChI=1S/C40H35F2N3O4S.ClH/c1-24(2)39(49)43-28-16-12-27(13-17-28)38-31(21-44(3)20-25-8-5-4-6-9-25)35-37(48)32(36(47)26-14-18-29(46)19-15-26)23-45(40(35)50-38)22-30-33(41)10-7-11-34(30)42;/h4-19,23-24,46H,20-22H2,1-3H3,(H,43,49);1H. The van der Waals surface area contributed by atoms with E-state index in [1.54, 1.807) is 16.7 Å². The largest absolute Gasteiger partial charge is 0.508 e. The van der Waals surface area contributed by atoms with Crippen molar-refractivity contribution in [3.8, 4) is 16.2 Å². The van der Waals surface area contributed by atoms with E-state index < -0.39 is 22.8 Å². The van der Waals surface area contributed by atoms with Gasteiger partial charge in [0.05, 0.1) is 17.5 Å². The molecule has 0 unspecified atom stereocenters. The van der Waals surface area contributed by atoms with Crippen LogP contribution in [-0.4, -0.2) is 33.3 Å². The Bertz CT molecular complexity index is 2230. The fourth-order valence-corrected chi connectivity index (χ4v) is 7.08. The number of phenols is 1. The lowest BCUT2D eigenvalue weighted by Gasteiger charge is -2.18. The van der Waals surface area contributed by atoms with Crippen molar-refractivity contribution < 1.29 is 23.5 Å². The molecule has 0 aliphatic rings. The van der Waals surface area contributed by atoms with Crippen molar-refractivity contribution in [3.05, 3.63) is 153 Å².